The first-order chi connectivity index (χ1) is 7.77. The number of aliphatic hydroxyl groups excluding tert-OH is 1. The molecule has 0 radical (unpaired) electrons. The summed E-state index contributed by atoms with van der Waals surface area (Å²) in [5.41, 5.74) is 8.09. The van der Waals surface area contributed by atoms with Gasteiger partial charge >= 0.3 is 0 Å². The molecule has 84 valence electrons. The van der Waals surface area contributed by atoms with Crippen LogP contribution in [0.3, 0.4) is 0 Å². The highest BCUT2D eigenvalue weighted by molar-refractivity contribution is 5.89. The molecular formula is C14H17NO. The number of nitrogens with two attached hydrogens (primary N) is 1. The largest absolute Gasteiger partial charge is 0.396 e. The van der Waals surface area contributed by atoms with Crippen molar-refractivity contribution in [1.82, 2.24) is 0 Å². The number of rotatable bonds is 3. The van der Waals surface area contributed by atoms with Crippen molar-refractivity contribution in [3.8, 4) is 0 Å². The normalized spacial score (nSPS) is 12.9. The van der Waals surface area contributed by atoms with E-state index in [1.165, 1.54) is 16.3 Å². The molecule has 0 spiro atoms. The molecule has 0 aliphatic rings. The number of benzene rings is 2. The Morgan fingerprint density at radius 3 is 2.44 bits per heavy atom. The third kappa shape index (κ3) is 1.82. The Morgan fingerprint density at radius 2 is 1.81 bits per heavy atom. The van der Waals surface area contributed by atoms with Crippen molar-refractivity contribution in [3.05, 3.63) is 47.5 Å². The van der Waals surface area contributed by atoms with E-state index >= 15 is 0 Å². The highest BCUT2D eigenvalue weighted by Crippen LogP contribution is 2.27. The van der Waals surface area contributed by atoms with E-state index in [9.17, 15) is 5.11 Å². The Bertz CT molecular complexity index is 489. The van der Waals surface area contributed by atoms with Crippen LogP contribution in [0.15, 0.2) is 36.4 Å². The maximum atomic E-state index is 9.33. The molecule has 2 aromatic rings. The monoisotopic (exact) mass is 215 g/mol. The summed E-state index contributed by atoms with van der Waals surface area (Å²) in [6.45, 7) is 2.68. The third-order valence-corrected chi connectivity index (χ3v) is 3.12. The SMILES string of the molecule is Cc1ccc(C(CN)CO)c2ccccc12. The van der Waals surface area contributed by atoms with Crippen molar-refractivity contribution in [2.75, 3.05) is 13.2 Å². The van der Waals surface area contributed by atoms with Gasteiger partial charge < -0.3 is 10.8 Å². The smallest absolute Gasteiger partial charge is 0.0512 e. The van der Waals surface area contributed by atoms with Gasteiger partial charge in [0.1, 0.15) is 0 Å². The zero-order valence-corrected chi connectivity index (χ0v) is 9.48. The Hall–Kier alpha value is -1.38. The molecule has 2 nitrogen and oxygen atoms in total. The van der Waals surface area contributed by atoms with Crippen LogP contribution in [0, 0.1) is 6.92 Å². The van der Waals surface area contributed by atoms with Crippen LogP contribution < -0.4 is 5.73 Å². The van der Waals surface area contributed by atoms with Gasteiger partial charge in [-0.3, -0.25) is 0 Å². The molecule has 0 bridgehead atoms. The van der Waals surface area contributed by atoms with E-state index in [0.717, 1.165) is 5.56 Å². The molecule has 3 N–H and O–H groups in total. The Kier molecular flexibility index (Phi) is 3.22. The summed E-state index contributed by atoms with van der Waals surface area (Å²) in [4.78, 5) is 0. The van der Waals surface area contributed by atoms with Crippen LogP contribution in [0.2, 0.25) is 0 Å². The predicted octanol–water partition coefficient (Wildman–Crippen LogP) is 2.18. The van der Waals surface area contributed by atoms with E-state index in [4.69, 9.17) is 5.73 Å². The second-order valence-electron chi connectivity index (χ2n) is 4.13. The molecule has 0 saturated heterocycles. The van der Waals surface area contributed by atoms with Crippen molar-refractivity contribution in [2.24, 2.45) is 5.73 Å². The molecule has 0 aliphatic heterocycles. The van der Waals surface area contributed by atoms with Crippen LogP contribution in [-0.4, -0.2) is 18.3 Å². The van der Waals surface area contributed by atoms with Crippen LogP contribution in [0.25, 0.3) is 10.8 Å². The van der Waals surface area contributed by atoms with Crippen molar-refractivity contribution in [3.63, 3.8) is 0 Å². The second-order valence-corrected chi connectivity index (χ2v) is 4.13. The molecular weight excluding hydrogens is 198 g/mol. The van der Waals surface area contributed by atoms with Gasteiger partial charge in [0.2, 0.25) is 0 Å². The van der Waals surface area contributed by atoms with Crippen molar-refractivity contribution < 1.29 is 5.11 Å². The van der Waals surface area contributed by atoms with Crippen molar-refractivity contribution >= 4 is 10.8 Å². The minimum Gasteiger partial charge on any atom is -0.396 e. The van der Waals surface area contributed by atoms with Gasteiger partial charge in [0.05, 0.1) is 6.61 Å². The molecule has 2 rings (SSSR count). The summed E-state index contributed by atoms with van der Waals surface area (Å²) >= 11 is 0. The molecule has 0 saturated carbocycles. The van der Waals surface area contributed by atoms with Gasteiger partial charge in [-0.1, -0.05) is 36.4 Å². The first-order valence-electron chi connectivity index (χ1n) is 5.57. The van der Waals surface area contributed by atoms with E-state index in [0.29, 0.717) is 6.54 Å². The highest BCUT2D eigenvalue weighted by Gasteiger charge is 2.12. The number of aryl methyl sites for hydroxylation is 1. The maximum absolute atomic E-state index is 9.33. The summed E-state index contributed by atoms with van der Waals surface area (Å²) < 4.78 is 0. The Balaban J connectivity index is 2.66. The zero-order chi connectivity index (χ0) is 11.5. The highest BCUT2D eigenvalue weighted by atomic mass is 16.3. The van der Waals surface area contributed by atoms with Crippen LogP contribution in [0.5, 0.6) is 0 Å². The quantitative estimate of drug-likeness (QED) is 0.824. The number of hydrogen-bond donors (Lipinski definition) is 2. The summed E-state index contributed by atoms with van der Waals surface area (Å²) in [5, 5.41) is 11.8. The van der Waals surface area contributed by atoms with Crippen LogP contribution in [0.1, 0.15) is 17.0 Å². The lowest BCUT2D eigenvalue weighted by molar-refractivity contribution is 0.268. The molecule has 1 atom stereocenters. The van der Waals surface area contributed by atoms with Gasteiger partial charge in [-0.05, 0) is 28.8 Å². The first-order valence-corrected chi connectivity index (χ1v) is 5.57. The molecule has 16 heavy (non-hydrogen) atoms. The van der Waals surface area contributed by atoms with E-state index in [-0.39, 0.29) is 12.5 Å². The average molecular weight is 215 g/mol. The predicted molar refractivity (Wildman–Crippen MR) is 67.6 cm³/mol. The molecule has 0 heterocycles. The number of aliphatic hydroxyl groups is 1. The molecule has 0 aliphatic carbocycles. The first kappa shape index (κ1) is 11.1. The third-order valence-electron chi connectivity index (χ3n) is 3.12. The topological polar surface area (TPSA) is 46.2 Å². The van der Waals surface area contributed by atoms with E-state index in [1.54, 1.807) is 0 Å². The second kappa shape index (κ2) is 4.64. The van der Waals surface area contributed by atoms with Crippen molar-refractivity contribution in [2.45, 2.75) is 12.8 Å². The fourth-order valence-corrected chi connectivity index (χ4v) is 2.13. The van der Waals surface area contributed by atoms with Crippen LogP contribution >= 0.6 is 0 Å². The van der Waals surface area contributed by atoms with Gasteiger partial charge in [0.15, 0.2) is 0 Å². The lowest BCUT2D eigenvalue weighted by Crippen LogP contribution is -2.16. The molecule has 1 unspecified atom stereocenters. The number of hydrogen-bond acceptors (Lipinski definition) is 2. The molecule has 0 fully saturated rings. The minimum absolute atomic E-state index is 0.0329. The Labute approximate surface area is 95.7 Å². The van der Waals surface area contributed by atoms with Gasteiger partial charge in [0.25, 0.3) is 0 Å². The number of fused-ring (bicyclic) bond motifs is 1. The summed E-state index contributed by atoms with van der Waals surface area (Å²) in [6.07, 6.45) is 0. The standard InChI is InChI=1S/C14H17NO/c1-10-6-7-13(11(8-15)9-16)14-5-3-2-4-12(10)14/h2-7,11,16H,8-9,15H2,1H3. The van der Waals surface area contributed by atoms with Crippen LogP contribution in [0.4, 0.5) is 0 Å². The van der Waals surface area contributed by atoms with Gasteiger partial charge in [0, 0.05) is 12.5 Å². The zero-order valence-electron chi connectivity index (χ0n) is 9.48. The molecule has 2 heteroatoms. The van der Waals surface area contributed by atoms with Gasteiger partial charge in [-0.2, -0.15) is 0 Å². The lowest BCUT2D eigenvalue weighted by Gasteiger charge is -2.16. The average Bonchev–Trinajstić information content (AvgIpc) is 2.34. The molecule has 0 amide bonds. The van der Waals surface area contributed by atoms with Crippen molar-refractivity contribution in [1.29, 1.82) is 0 Å². The minimum atomic E-state index is 0.0329. The lowest BCUT2D eigenvalue weighted by atomic mass is 9.92. The summed E-state index contributed by atoms with van der Waals surface area (Å²) in [5.74, 6) is 0.0329. The Morgan fingerprint density at radius 1 is 1.12 bits per heavy atom. The molecule has 2 aromatic carbocycles. The van der Waals surface area contributed by atoms with E-state index in [1.807, 2.05) is 12.1 Å². The van der Waals surface area contributed by atoms with Gasteiger partial charge in [-0.25, -0.2) is 0 Å². The fourth-order valence-electron chi connectivity index (χ4n) is 2.13. The summed E-state index contributed by atoms with van der Waals surface area (Å²) in [7, 11) is 0. The van der Waals surface area contributed by atoms with E-state index < -0.39 is 0 Å². The summed E-state index contributed by atoms with van der Waals surface area (Å²) in [6, 6.07) is 12.4. The molecule has 0 aromatic heterocycles. The van der Waals surface area contributed by atoms with Gasteiger partial charge in [-0.15, -0.1) is 0 Å². The van der Waals surface area contributed by atoms with E-state index in [2.05, 4.69) is 31.2 Å². The van der Waals surface area contributed by atoms with Crippen LogP contribution in [-0.2, 0) is 0 Å². The maximum Gasteiger partial charge on any atom is 0.0512 e. The fraction of sp³-hybridized carbons (Fsp3) is 0.286.